The molecule has 0 aliphatic rings. The Bertz CT molecular complexity index is 917. The lowest BCUT2D eigenvalue weighted by atomic mass is 10.2. The van der Waals surface area contributed by atoms with Crippen LogP contribution in [0.1, 0.15) is 16.1 Å². The van der Waals surface area contributed by atoms with Gasteiger partial charge < -0.3 is 20.1 Å². The SMILES string of the molecule is COc1cc(OC)cc(C(=O)NCCNc2ccc(-n3ccc(C)n3)nn2)c1. The van der Waals surface area contributed by atoms with Crippen molar-refractivity contribution in [1.82, 2.24) is 25.3 Å². The number of methoxy groups -OCH3 is 2. The van der Waals surface area contributed by atoms with Crippen LogP contribution in [0, 0.1) is 6.92 Å². The van der Waals surface area contributed by atoms with Crippen molar-refractivity contribution in [3.63, 3.8) is 0 Å². The molecule has 2 N–H and O–H groups in total. The molecule has 1 amide bonds. The first-order chi connectivity index (χ1) is 13.6. The molecule has 1 aromatic carbocycles. The number of nitrogens with one attached hydrogen (secondary N) is 2. The van der Waals surface area contributed by atoms with Crippen LogP contribution in [0.25, 0.3) is 5.82 Å². The molecular formula is C19H22N6O3. The lowest BCUT2D eigenvalue weighted by Gasteiger charge is -2.10. The number of aryl methyl sites for hydroxylation is 1. The normalized spacial score (nSPS) is 10.4. The Balaban J connectivity index is 1.49. The fraction of sp³-hybridized carbons (Fsp3) is 0.263. The smallest absolute Gasteiger partial charge is 0.251 e. The summed E-state index contributed by atoms with van der Waals surface area (Å²) in [6.45, 7) is 2.83. The van der Waals surface area contributed by atoms with Crippen LogP contribution in [-0.2, 0) is 0 Å². The number of hydrogen-bond acceptors (Lipinski definition) is 7. The van der Waals surface area contributed by atoms with E-state index in [0.29, 0.717) is 41.8 Å². The Morgan fingerprint density at radius 2 is 1.79 bits per heavy atom. The first-order valence-corrected chi connectivity index (χ1v) is 8.70. The number of aromatic nitrogens is 4. The Hall–Kier alpha value is -3.62. The zero-order valence-corrected chi connectivity index (χ0v) is 16.0. The van der Waals surface area contributed by atoms with Crippen LogP contribution in [0.3, 0.4) is 0 Å². The molecule has 3 rings (SSSR count). The second kappa shape index (κ2) is 8.85. The molecule has 0 saturated heterocycles. The third kappa shape index (κ3) is 4.76. The summed E-state index contributed by atoms with van der Waals surface area (Å²) in [6, 6.07) is 10.6. The van der Waals surface area contributed by atoms with Crippen molar-refractivity contribution in [2.24, 2.45) is 0 Å². The molecule has 2 aromatic heterocycles. The summed E-state index contributed by atoms with van der Waals surface area (Å²) in [7, 11) is 3.08. The van der Waals surface area contributed by atoms with Crippen molar-refractivity contribution >= 4 is 11.7 Å². The highest BCUT2D eigenvalue weighted by atomic mass is 16.5. The maximum atomic E-state index is 12.3. The van der Waals surface area contributed by atoms with Crippen LogP contribution in [-0.4, -0.2) is 53.2 Å². The third-order valence-corrected chi connectivity index (χ3v) is 3.94. The van der Waals surface area contributed by atoms with Crippen LogP contribution in [0.5, 0.6) is 11.5 Å². The zero-order valence-electron chi connectivity index (χ0n) is 16.0. The van der Waals surface area contributed by atoms with Crippen molar-refractivity contribution < 1.29 is 14.3 Å². The molecule has 0 unspecified atom stereocenters. The van der Waals surface area contributed by atoms with E-state index in [-0.39, 0.29) is 5.91 Å². The van der Waals surface area contributed by atoms with Gasteiger partial charge in [0.1, 0.15) is 17.3 Å². The average Bonchev–Trinajstić information content (AvgIpc) is 3.17. The molecule has 0 atom stereocenters. The highest BCUT2D eigenvalue weighted by Crippen LogP contribution is 2.22. The van der Waals surface area contributed by atoms with E-state index in [1.807, 2.05) is 31.3 Å². The number of ether oxygens (including phenoxy) is 2. The summed E-state index contributed by atoms with van der Waals surface area (Å²) in [5.74, 6) is 2.16. The number of carbonyl (C=O) groups excluding carboxylic acids is 1. The number of benzene rings is 1. The Labute approximate surface area is 162 Å². The maximum Gasteiger partial charge on any atom is 0.251 e. The van der Waals surface area contributed by atoms with Crippen molar-refractivity contribution in [2.75, 3.05) is 32.6 Å². The highest BCUT2D eigenvalue weighted by Gasteiger charge is 2.09. The van der Waals surface area contributed by atoms with E-state index >= 15 is 0 Å². The number of anilines is 1. The predicted octanol–water partition coefficient (Wildman–Crippen LogP) is 1.83. The van der Waals surface area contributed by atoms with Crippen LogP contribution in [0.2, 0.25) is 0 Å². The highest BCUT2D eigenvalue weighted by molar-refractivity contribution is 5.95. The average molecular weight is 382 g/mol. The first kappa shape index (κ1) is 19.2. The molecule has 0 aliphatic heterocycles. The summed E-state index contributed by atoms with van der Waals surface area (Å²) in [5, 5.41) is 18.5. The van der Waals surface area contributed by atoms with Crippen molar-refractivity contribution in [3.8, 4) is 17.3 Å². The standard InChI is InChI=1S/C19H22N6O3/c1-13-6-9-25(24-13)18-5-4-17(22-23-18)20-7-8-21-19(26)14-10-15(27-2)12-16(11-14)28-3/h4-6,9-12H,7-8H2,1-3H3,(H,20,22)(H,21,26). The molecule has 0 saturated carbocycles. The van der Waals surface area contributed by atoms with E-state index < -0.39 is 0 Å². The van der Waals surface area contributed by atoms with Gasteiger partial charge in [-0.25, -0.2) is 4.68 Å². The van der Waals surface area contributed by atoms with Gasteiger partial charge in [-0.05, 0) is 37.3 Å². The maximum absolute atomic E-state index is 12.3. The van der Waals surface area contributed by atoms with Crippen LogP contribution in [0.4, 0.5) is 5.82 Å². The fourth-order valence-electron chi connectivity index (χ4n) is 2.49. The Morgan fingerprint density at radius 1 is 1.04 bits per heavy atom. The second-order valence-electron chi connectivity index (χ2n) is 5.96. The number of rotatable bonds is 8. The van der Waals surface area contributed by atoms with Crippen LogP contribution >= 0.6 is 0 Å². The number of nitrogens with zero attached hydrogens (tertiary/aromatic N) is 4. The van der Waals surface area contributed by atoms with Gasteiger partial charge in [0.2, 0.25) is 0 Å². The predicted molar refractivity (Wildman–Crippen MR) is 104 cm³/mol. The van der Waals surface area contributed by atoms with Gasteiger partial charge in [0.05, 0.1) is 19.9 Å². The van der Waals surface area contributed by atoms with Gasteiger partial charge in [0, 0.05) is 30.9 Å². The van der Waals surface area contributed by atoms with Crippen LogP contribution in [0.15, 0.2) is 42.6 Å². The second-order valence-corrected chi connectivity index (χ2v) is 5.96. The minimum Gasteiger partial charge on any atom is -0.497 e. The van der Waals surface area contributed by atoms with E-state index in [2.05, 4.69) is 25.9 Å². The third-order valence-electron chi connectivity index (χ3n) is 3.94. The monoisotopic (exact) mass is 382 g/mol. The number of hydrogen-bond donors (Lipinski definition) is 2. The molecule has 9 nitrogen and oxygen atoms in total. The van der Waals surface area contributed by atoms with E-state index in [9.17, 15) is 4.79 Å². The van der Waals surface area contributed by atoms with E-state index in [1.54, 1.807) is 37.1 Å². The van der Waals surface area contributed by atoms with Gasteiger partial charge in [-0.3, -0.25) is 4.79 Å². The number of carbonyl (C=O) groups is 1. The van der Waals surface area contributed by atoms with E-state index in [4.69, 9.17) is 9.47 Å². The first-order valence-electron chi connectivity index (χ1n) is 8.70. The molecule has 0 spiro atoms. The van der Waals surface area contributed by atoms with Crippen molar-refractivity contribution in [2.45, 2.75) is 6.92 Å². The molecule has 0 aliphatic carbocycles. The Morgan fingerprint density at radius 3 is 2.36 bits per heavy atom. The van der Waals surface area contributed by atoms with E-state index in [1.165, 1.54) is 0 Å². The lowest BCUT2D eigenvalue weighted by Crippen LogP contribution is -2.29. The summed E-state index contributed by atoms with van der Waals surface area (Å²) in [4.78, 5) is 12.3. The van der Waals surface area contributed by atoms with Crippen molar-refractivity contribution in [3.05, 3.63) is 53.9 Å². The fourth-order valence-corrected chi connectivity index (χ4v) is 2.49. The van der Waals surface area contributed by atoms with Gasteiger partial charge in [-0.15, -0.1) is 10.2 Å². The minimum absolute atomic E-state index is 0.213. The topological polar surface area (TPSA) is 103 Å². The minimum atomic E-state index is -0.213. The lowest BCUT2D eigenvalue weighted by molar-refractivity contribution is 0.0954. The molecule has 0 radical (unpaired) electrons. The molecule has 0 bridgehead atoms. The molecule has 28 heavy (non-hydrogen) atoms. The molecule has 9 heteroatoms. The largest absolute Gasteiger partial charge is 0.497 e. The molecule has 2 heterocycles. The molecular weight excluding hydrogens is 360 g/mol. The van der Waals surface area contributed by atoms with Gasteiger partial charge in [0.15, 0.2) is 5.82 Å². The summed E-state index contributed by atoms with van der Waals surface area (Å²) < 4.78 is 12.0. The Kier molecular flexibility index (Phi) is 6.05. The van der Waals surface area contributed by atoms with Gasteiger partial charge in [0.25, 0.3) is 5.91 Å². The molecule has 3 aromatic rings. The van der Waals surface area contributed by atoms with E-state index in [0.717, 1.165) is 5.69 Å². The van der Waals surface area contributed by atoms with Crippen molar-refractivity contribution in [1.29, 1.82) is 0 Å². The summed E-state index contributed by atoms with van der Waals surface area (Å²) in [5.41, 5.74) is 1.38. The molecule has 146 valence electrons. The van der Waals surface area contributed by atoms with Gasteiger partial charge >= 0.3 is 0 Å². The van der Waals surface area contributed by atoms with Gasteiger partial charge in [-0.1, -0.05) is 0 Å². The summed E-state index contributed by atoms with van der Waals surface area (Å²) in [6.07, 6.45) is 1.83. The summed E-state index contributed by atoms with van der Waals surface area (Å²) >= 11 is 0. The van der Waals surface area contributed by atoms with Gasteiger partial charge in [-0.2, -0.15) is 5.10 Å². The zero-order chi connectivity index (χ0) is 19.9. The quantitative estimate of drug-likeness (QED) is 0.573. The van der Waals surface area contributed by atoms with Crippen LogP contribution < -0.4 is 20.1 Å². The number of amides is 1. The molecule has 0 fully saturated rings.